The summed E-state index contributed by atoms with van der Waals surface area (Å²) < 4.78 is 0. The van der Waals surface area contributed by atoms with Crippen LogP contribution in [0.5, 0.6) is 0 Å². The molecular weight excluding hydrogens is 388 g/mol. The van der Waals surface area contributed by atoms with E-state index in [-0.39, 0.29) is 17.9 Å². The first kappa shape index (κ1) is 19.2. The zero-order valence-electron chi connectivity index (χ0n) is 15.6. The van der Waals surface area contributed by atoms with Gasteiger partial charge in [-0.25, -0.2) is 15.0 Å². The minimum absolute atomic E-state index is 0.259. The summed E-state index contributed by atoms with van der Waals surface area (Å²) in [4.78, 5) is 39.1. The van der Waals surface area contributed by atoms with E-state index >= 15 is 0 Å². The molecule has 0 spiro atoms. The first-order valence-corrected chi connectivity index (χ1v) is 10.2. The number of hydrogen-bond donors (Lipinski definition) is 2. The van der Waals surface area contributed by atoms with Crippen molar-refractivity contribution in [2.45, 2.75) is 25.4 Å². The molecule has 3 heterocycles. The van der Waals surface area contributed by atoms with E-state index in [2.05, 4.69) is 25.2 Å². The highest BCUT2D eigenvalue weighted by atomic mass is 32.1. The molecule has 0 saturated carbocycles. The molecule has 8 nitrogen and oxygen atoms in total. The quantitative estimate of drug-likeness (QED) is 0.647. The molecule has 9 heteroatoms. The lowest BCUT2D eigenvalue weighted by molar-refractivity contribution is -0.122. The maximum Gasteiger partial charge on any atom is 0.275 e. The Hall–Kier alpha value is -3.17. The predicted molar refractivity (Wildman–Crippen MR) is 110 cm³/mol. The third-order valence-electron chi connectivity index (χ3n) is 4.82. The normalized spacial score (nSPS) is 16.6. The molecule has 1 saturated heterocycles. The first-order chi connectivity index (χ1) is 14.1. The van der Waals surface area contributed by atoms with Gasteiger partial charge in [0.15, 0.2) is 10.8 Å². The van der Waals surface area contributed by atoms with E-state index in [0.717, 1.165) is 24.9 Å². The van der Waals surface area contributed by atoms with Gasteiger partial charge in [0.25, 0.3) is 5.91 Å². The fourth-order valence-corrected chi connectivity index (χ4v) is 4.16. The van der Waals surface area contributed by atoms with Gasteiger partial charge < -0.3 is 11.1 Å². The van der Waals surface area contributed by atoms with Gasteiger partial charge in [-0.1, -0.05) is 18.2 Å². The molecule has 1 aliphatic heterocycles. The van der Waals surface area contributed by atoms with Crippen LogP contribution in [-0.2, 0) is 11.3 Å². The van der Waals surface area contributed by atoms with Crippen LogP contribution in [0.2, 0.25) is 0 Å². The molecule has 1 aliphatic rings. The summed E-state index contributed by atoms with van der Waals surface area (Å²) >= 11 is 1.32. The number of nitrogens with zero attached hydrogens (tertiary/aromatic N) is 4. The number of hydrogen-bond acceptors (Lipinski definition) is 7. The number of thiazole rings is 1. The predicted octanol–water partition coefficient (Wildman–Crippen LogP) is 2.30. The molecule has 1 fully saturated rings. The SMILES string of the molecule is NC(=O)C1CCCN1Cc1ccccc1NC(=O)c1csc(-c2ncccn2)n1. The molecule has 148 valence electrons. The average Bonchev–Trinajstić information content (AvgIpc) is 3.40. The number of carbonyl (C=O) groups is 2. The molecule has 1 unspecified atom stereocenters. The summed E-state index contributed by atoms with van der Waals surface area (Å²) in [5, 5.41) is 5.21. The molecule has 1 aromatic carbocycles. The largest absolute Gasteiger partial charge is 0.368 e. The van der Waals surface area contributed by atoms with Gasteiger partial charge in [-0.2, -0.15) is 0 Å². The Bertz CT molecular complexity index is 1020. The van der Waals surface area contributed by atoms with E-state index in [1.807, 2.05) is 24.3 Å². The van der Waals surface area contributed by atoms with Crippen molar-refractivity contribution in [3.63, 3.8) is 0 Å². The van der Waals surface area contributed by atoms with Crippen molar-refractivity contribution < 1.29 is 9.59 Å². The third-order valence-corrected chi connectivity index (χ3v) is 5.66. The Morgan fingerprint density at radius 1 is 1.21 bits per heavy atom. The van der Waals surface area contributed by atoms with Gasteiger partial charge in [0.05, 0.1) is 6.04 Å². The summed E-state index contributed by atoms with van der Waals surface area (Å²) in [6.45, 7) is 1.35. The van der Waals surface area contributed by atoms with Crippen molar-refractivity contribution in [1.29, 1.82) is 0 Å². The minimum Gasteiger partial charge on any atom is -0.368 e. The minimum atomic E-state index is -0.304. The number of nitrogens with one attached hydrogen (secondary N) is 1. The molecule has 4 rings (SSSR count). The lowest BCUT2D eigenvalue weighted by Crippen LogP contribution is -2.39. The lowest BCUT2D eigenvalue weighted by Gasteiger charge is -2.23. The van der Waals surface area contributed by atoms with Crippen LogP contribution < -0.4 is 11.1 Å². The topological polar surface area (TPSA) is 114 Å². The molecule has 1 atom stereocenters. The van der Waals surface area contributed by atoms with Crippen molar-refractivity contribution in [2.75, 3.05) is 11.9 Å². The number of carbonyl (C=O) groups excluding carboxylic acids is 2. The fraction of sp³-hybridized carbons (Fsp3) is 0.250. The molecule has 2 amide bonds. The second kappa shape index (κ2) is 8.46. The van der Waals surface area contributed by atoms with Crippen molar-refractivity contribution in [1.82, 2.24) is 19.9 Å². The highest BCUT2D eigenvalue weighted by Gasteiger charge is 2.29. The van der Waals surface area contributed by atoms with Crippen molar-refractivity contribution >= 4 is 28.8 Å². The van der Waals surface area contributed by atoms with Crippen molar-refractivity contribution in [3.8, 4) is 10.8 Å². The molecular formula is C20H20N6O2S. The van der Waals surface area contributed by atoms with E-state index in [1.54, 1.807) is 23.8 Å². The molecule has 0 aliphatic carbocycles. The summed E-state index contributed by atoms with van der Waals surface area (Å²) in [6.07, 6.45) is 4.98. The second-order valence-corrected chi connectivity index (χ2v) is 7.61. The number of aromatic nitrogens is 3. The number of amides is 2. The van der Waals surface area contributed by atoms with Gasteiger partial charge >= 0.3 is 0 Å². The first-order valence-electron chi connectivity index (χ1n) is 9.27. The van der Waals surface area contributed by atoms with Crippen LogP contribution in [0.4, 0.5) is 5.69 Å². The summed E-state index contributed by atoms with van der Waals surface area (Å²) in [5.74, 6) is -0.116. The van der Waals surface area contributed by atoms with E-state index in [4.69, 9.17) is 5.73 Å². The van der Waals surface area contributed by atoms with E-state index in [0.29, 0.717) is 28.8 Å². The Morgan fingerprint density at radius 2 is 2.00 bits per heavy atom. The van der Waals surface area contributed by atoms with Crippen LogP contribution in [-0.4, -0.2) is 44.3 Å². The van der Waals surface area contributed by atoms with Gasteiger partial charge in [0.1, 0.15) is 5.69 Å². The van der Waals surface area contributed by atoms with Crippen LogP contribution in [0, 0.1) is 0 Å². The van der Waals surface area contributed by atoms with Crippen molar-refractivity contribution in [2.24, 2.45) is 5.73 Å². The standard InChI is InChI=1S/C20H20N6O2S/c21-17(27)16-7-3-10-26(16)11-13-5-1-2-6-14(13)24-19(28)15-12-29-20(25-15)18-22-8-4-9-23-18/h1-2,4-6,8-9,12,16H,3,7,10-11H2,(H2,21,27)(H,24,28). The average molecular weight is 408 g/mol. The zero-order valence-corrected chi connectivity index (χ0v) is 16.4. The zero-order chi connectivity index (χ0) is 20.2. The van der Waals surface area contributed by atoms with Gasteiger partial charge in [-0.3, -0.25) is 14.5 Å². The molecule has 3 aromatic rings. The third kappa shape index (κ3) is 4.30. The Kier molecular flexibility index (Phi) is 5.59. The molecule has 29 heavy (non-hydrogen) atoms. The summed E-state index contributed by atoms with van der Waals surface area (Å²) in [6, 6.07) is 9.02. The van der Waals surface area contributed by atoms with E-state index in [1.165, 1.54) is 11.3 Å². The maximum absolute atomic E-state index is 12.7. The monoisotopic (exact) mass is 408 g/mol. The smallest absolute Gasteiger partial charge is 0.275 e. The molecule has 2 aromatic heterocycles. The van der Waals surface area contributed by atoms with Crippen LogP contribution in [0.1, 0.15) is 28.9 Å². The van der Waals surface area contributed by atoms with Gasteiger partial charge in [0.2, 0.25) is 5.91 Å². The van der Waals surface area contributed by atoms with Crippen LogP contribution in [0.15, 0.2) is 48.1 Å². The maximum atomic E-state index is 12.7. The van der Waals surface area contributed by atoms with Crippen LogP contribution >= 0.6 is 11.3 Å². The number of anilines is 1. The van der Waals surface area contributed by atoms with Crippen LogP contribution in [0.25, 0.3) is 10.8 Å². The molecule has 3 N–H and O–H groups in total. The van der Waals surface area contributed by atoms with Crippen LogP contribution in [0.3, 0.4) is 0 Å². The summed E-state index contributed by atoms with van der Waals surface area (Å²) in [5.41, 5.74) is 7.45. The Morgan fingerprint density at radius 3 is 2.79 bits per heavy atom. The number of nitrogens with two attached hydrogens (primary N) is 1. The van der Waals surface area contributed by atoms with Crippen molar-refractivity contribution in [3.05, 3.63) is 59.4 Å². The number of rotatable bonds is 6. The van der Waals surface area contributed by atoms with Gasteiger partial charge in [-0.05, 0) is 37.1 Å². The number of benzene rings is 1. The fourth-order valence-electron chi connectivity index (χ4n) is 3.41. The second-order valence-electron chi connectivity index (χ2n) is 6.75. The Balaban J connectivity index is 1.49. The number of primary amides is 1. The van der Waals surface area contributed by atoms with Gasteiger partial charge in [0, 0.05) is 30.0 Å². The number of para-hydroxylation sites is 1. The highest BCUT2D eigenvalue weighted by molar-refractivity contribution is 7.13. The van der Waals surface area contributed by atoms with Gasteiger partial charge in [-0.15, -0.1) is 11.3 Å². The highest BCUT2D eigenvalue weighted by Crippen LogP contribution is 2.25. The molecule has 0 bridgehead atoms. The number of likely N-dealkylation sites (tertiary alicyclic amines) is 1. The van der Waals surface area contributed by atoms with E-state index < -0.39 is 0 Å². The lowest BCUT2D eigenvalue weighted by atomic mass is 10.1. The van der Waals surface area contributed by atoms with E-state index in [9.17, 15) is 9.59 Å². The summed E-state index contributed by atoms with van der Waals surface area (Å²) in [7, 11) is 0. The molecule has 0 radical (unpaired) electrons. The Labute approximate surface area is 171 Å².